The van der Waals surface area contributed by atoms with Crippen molar-refractivity contribution in [3.05, 3.63) is 23.8 Å². The van der Waals surface area contributed by atoms with E-state index < -0.39 is 0 Å². The molecule has 4 heteroatoms. The first-order valence-electron chi connectivity index (χ1n) is 7.37. The monoisotopic (exact) mass is 279 g/mol. The minimum atomic E-state index is 0.358. The Labute approximate surface area is 121 Å². The van der Waals surface area contributed by atoms with Crippen molar-refractivity contribution in [3.63, 3.8) is 0 Å². The average molecular weight is 279 g/mol. The Hall–Kier alpha value is -1.26. The first-order valence-corrected chi connectivity index (χ1v) is 7.37. The van der Waals surface area contributed by atoms with Crippen molar-refractivity contribution in [2.24, 2.45) is 0 Å². The number of hydrogen-bond acceptors (Lipinski definition) is 4. The van der Waals surface area contributed by atoms with Gasteiger partial charge in [-0.05, 0) is 44.4 Å². The Kier molecular flexibility index (Phi) is 5.68. The number of methoxy groups -OCH3 is 1. The van der Waals surface area contributed by atoms with Crippen LogP contribution in [-0.2, 0) is 11.3 Å². The van der Waals surface area contributed by atoms with Crippen LogP contribution < -0.4 is 14.8 Å². The summed E-state index contributed by atoms with van der Waals surface area (Å²) in [6.07, 6.45) is 2.52. The summed E-state index contributed by atoms with van der Waals surface area (Å²) in [6, 6.07) is 6.65. The van der Waals surface area contributed by atoms with Crippen molar-refractivity contribution in [2.75, 3.05) is 20.3 Å². The Morgan fingerprint density at radius 1 is 1.35 bits per heavy atom. The Morgan fingerprint density at radius 3 is 2.90 bits per heavy atom. The first kappa shape index (κ1) is 15.1. The normalized spacial score (nSPS) is 22.6. The zero-order valence-corrected chi connectivity index (χ0v) is 12.6. The van der Waals surface area contributed by atoms with Crippen molar-refractivity contribution in [3.8, 4) is 11.5 Å². The molecule has 20 heavy (non-hydrogen) atoms. The second-order valence-corrected chi connectivity index (χ2v) is 5.20. The topological polar surface area (TPSA) is 39.7 Å². The SMILES string of the molecule is CCOc1ccc(CN[C@H]2CCO[C@@H](C)C2)cc1OC. The van der Waals surface area contributed by atoms with E-state index in [1.54, 1.807) is 7.11 Å². The molecule has 0 saturated carbocycles. The molecular weight excluding hydrogens is 254 g/mol. The largest absolute Gasteiger partial charge is 0.493 e. The van der Waals surface area contributed by atoms with Crippen LogP contribution in [0.1, 0.15) is 32.3 Å². The third kappa shape index (κ3) is 4.12. The molecule has 2 atom stereocenters. The van der Waals surface area contributed by atoms with E-state index in [4.69, 9.17) is 14.2 Å². The molecule has 1 fully saturated rings. The Balaban J connectivity index is 1.92. The third-order valence-corrected chi connectivity index (χ3v) is 3.61. The van der Waals surface area contributed by atoms with E-state index in [0.29, 0.717) is 18.8 Å². The molecule has 1 aromatic carbocycles. The summed E-state index contributed by atoms with van der Waals surface area (Å²) in [5.74, 6) is 1.60. The molecule has 0 amide bonds. The lowest BCUT2D eigenvalue weighted by atomic mass is 10.0. The number of benzene rings is 1. The summed E-state index contributed by atoms with van der Waals surface area (Å²) in [5, 5.41) is 3.59. The van der Waals surface area contributed by atoms with Gasteiger partial charge < -0.3 is 19.5 Å². The standard InChI is InChI=1S/C16H25NO3/c1-4-19-15-6-5-13(10-16(15)18-3)11-17-14-7-8-20-12(2)9-14/h5-6,10,12,14,17H,4,7-9,11H2,1-3H3/t12-,14-/m0/s1. The van der Waals surface area contributed by atoms with Gasteiger partial charge in [-0.25, -0.2) is 0 Å². The fourth-order valence-electron chi connectivity index (χ4n) is 2.54. The molecule has 4 nitrogen and oxygen atoms in total. The fourth-order valence-corrected chi connectivity index (χ4v) is 2.54. The maximum Gasteiger partial charge on any atom is 0.161 e. The predicted octanol–water partition coefficient (Wildman–Crippen LogP) is 2.75. The molecule has 112 valence electrons. The average Bonchev–Trinajstić information content (AvgIpc) is 2.46. The van der Waals surface area contributed by atoms with Gasteiger partial charge in [-0.1, -0.05) is 6.07 Å². The van der Waals surface area contributed by atoms with Crippen LogP contribution in [0.2, 0.25) is 0 Å². The lowest BCUT2D eigenvalue weighted by Crippen LogP contribution is -2.37. The zero-order valence-electron chi connectivity index (χ0n) is 12.6. The van der Waals surface area contributed by atoms with Crippen LogP contribution in [0.3, 0.4) is 0 Å². The van der Waals surface area contributed by atoms with E-state index in [0.717, 1.165) is 37.5 Å². The summed E-state index contributed by atoms with van der Waals surface area (Å²) >= 11 is 0. The van der Waals surface area contributed by atoms with Gasteiger partial charge in [0.05, 0.1) is 19.8 Å². The summed E-state index contributed by atoms with van der Waals surface area (Å²) in [5.41, 5.74) is 1.21. The van der Waals surface area contributed by atoms with Crippen LogP contribution in [0.4, 0.5) is 0 Å². The van der Waals surface area contributed by atoms with Crippen LogP contribution in [-0.4, -0.2) is 32.5 Å². The number of hydrogen-bond donors (Lipinski definition) is 1. The summed E-state index contributed by atoms with van der Waals surface area (Å²) in [4.78, 5) is 0. The van der Waals surface area contributed by atoms with Gasteiger partial charge in [0.15, 0.2) is 11.5 Å². The second-order valence-electron chi connectivity index (χ2n) is 5.20. The van der Waals surface area contributed by atoms with E-state index in [2.05, 4.69) is 18.3 Å². The maximum atomic E-state index is 5.56. The highest BCUT2D eigenvalue weighted by Crippen LogP contribution is 2.28. The van der Waals surface area contributed by atoms with Gasteiger partial charge in [0.2, 0.25) is 0 Å². The Bertz CT molecular complexity index is 422. The molecule has 1 aliphatic rings. The molecule has 0 aromatic heterocycles. The predicted molar refractivity (Wildman–Crippen MR) is 79.4 cm³/mol. The van der Waals surface area contributed by atoms with Gasteiger partial charge >= 0.3 is 0 Å². The van der Waals surface area contributed by atoms with E-state index >= 15 is 0 Å². The molecule has 1 heterocycles. The van der Waals surface area contributed by atoms with Crippen LogP contribution in [0.15, 0.2) is 18.2 Å². The number of nitrogens with one attached hydrogen (secondary N) is 1. The molecule has 0 aliphatic carbocycles. The van der Waals surface area contributed by atoms with Gasteiger partial charge in [0.1, 0.15) is 0 Å². The van der Waals surface area contributed by atoms with Gasteiger partial charge in [0.25, 0.3) is 0 Å². The van der Waals surface area contributed by atoms with Crippen molar-refractivity contribution >= 4 is 0 Å². The first-order chi connectivity index (χ1) is 9.72. The lowest BCUT2D eigenvalue weighted by molar-refractivity contribution is 0.0130. The minimum absolute atomic E-state index is 0.358. The van der Waals surface area contributed by atoms with E-state index in [1.165, 1.54) is 5.56 Å². The molecule has 0 bridgehead atoms. The molecule has 2 rings (SSSR count). The lowest BCUT2D eigenvalue weighted by Gasteiger charge is -2.28. The highest BCUT2D eigenvalue weighted by atomic mass is 16.5. The molecule has 1 saturated heterocycles. The molecule has 0 spiro atoms. The summed E-state index contributed by atoms with van der Waals surface area (Å²) < 4.78 is 16.5. The van der Waals surface area contributed by atoms with Crippen molar-refractivity contribution < 1.29 is 14.2 Å². The molecule has 0 unspecified atom stereocenters. The molecule has 1 N–H and O–H groups in total. The number of rotatable bonds is 6. The molecule has 1 aromatic rings. The fraction of sp³-hybridized carbons (Fsp3) is 0.625. The van der Waals surface area contributed by atoms with Crippen molar-refractivity contribution in [2.45, 2.75) is 45.4 Å². The van der Waals surface area contributed by atoms with Gasteiger partial charge in [-0.3, -0.25) is 0 Å². The van der Waals surface area contributed by atoms with Gasteiger partial charge in [0, 0.05) is 19.2 Å². The van der Waals surface area contributed by atoms with E-state index in [-0.39, 0.29) is 0 Å². The second kappa shape index (κ2) is 7.50. The number of ether oxygens (including phenoxy) is 3. The third-order valence-electron chi connectivity index (χ3n) is 3.61. The van der Waals surface area contributed by atoms with Crippen molar-refractivity contribution in [1.82, 2.24) is 5.32 Å². The summed E-state index contributed by atoms with van der Waals surface area (Å²) in [7, 11) is 1.68. The van der Waals surface area contributed by atoms with Gasteiger partial charge in [-0.15, -0.1) is 0 Å². The molecule has 0 radical (unpaired) electrons. The van der Waals surface area contributed by atoms with Crippen LogP contribution >= 0.6 is 0 Å². The van der Waals surface area contributed by atoms with Crippen LogP contribution in [0.25, 0.3) is 0 Å². The van der Waals surface area contributed by atoms with Gasteiger partial charge in [-0.2, -0.15) is 0 Å². The smallest absolute Gasteiger partial charge is 0.161 e. The Morgan fingerprint density at radius 2 is 2.20 bits per heavy atom. The zero-order chi connectivity index (χ0) is 14.4. The summed E-state index contributed by atoms with van der Waals surface area (Å²) in [6.45, 7) is 6.45. The highest BCUT2D eigenvalue weighted by Gasteiger charge is 2.18. The van der Waals surface area contributed by atoms with E-state index in [1.807, 2.05) is 19.1 Å². The molecule has 1 aliphatic heterocycles. The van der Waals surface area contributed by atoms with Crippen molar-refractivity contribution in [1.29, 1.82) is 0 Å². The highest BCUT2D eigenvalue weighted by molar-refractivity contribution is 5.42. The van der Waals surface area contributed by atoms with Crippen LogP contribution in [0, 0.1) is 0 Å². The van der Waals surface area contributed by atoms with E-state index in [9.17, 15) is 0 Å². The molecular formula is C16H25NO3. The minimum Gasteiger partial charge on any atom is -0.493 e. The van der Waals surface area contributed by atoms with Crippen LogP contribution in [0.5, 0.6) is 11.5 Å². The quantitative estimate of drug-likeness (QED) is 0.869. The maximum absolute atomic E-state index is 5.56.